The van der Waals surface area contributed by atoms with Crippen LogP contribution < -0.4 is 15.4 Å². The number of hydrogen-bond donors (Lipinski definition) is 3. The van der Waals surface area contributed by atoms with Crippen molar-refractivity contribution in [2.45, 2.75) is 31.8 Å². The van der Waals surface area contributed by atoms with E-state index < -0.39 is 17.4 Å². The summed E-state index contributed by atoms with van der Waals surface area (Å²) in [5, 5.41) is 16.7. The minimum atomic E-state index is -1.22. The summed E-state index contributed by atoms with van der Waals surface area (Å²) in [5.41, 5.74) is 1.68. The molecule has 0 aliphatic heterocycles. The molecule has 0 saturated carbocycles. The molecule has 0 unspecified atom stereocenters. The average Bonchev–Trinajstić information content (AvgIpc) is 2.69. The van der Waals surface area contributed by atoms with Gasteiger partial charge in [-0.3, -0.25) is 9.59 Å². The number of rotatable bonds is 4. The molecule has 1 aliphatic rings. The molecular formula is C21H23ClN2O4. The molecule has 1 aliphatic carbocycles. The lowest BCUT2D eigenvalue weighted by atomic mass is 9.79. The molecule has 0 heterocycles. The maximum Gasteiger partial charge on any atom is 0.313 e. The van der Waals surface area contributed by atoms with Crippen LogP contribution in [-0.2, 0) is 21.6 Å². The van der Waals surface area contributed by atoms with E-state index in [2.05, 4.69) is 10.6 Å². The Labute approximate surface area is 168 Å². The van der Waals surface area contributed by atoms with Gasteiger partial charge in [-0.05, 0) is 67.1 Å². The summed E-state index contributed by atoms with van der Waals surface area (Å²) >= 11 is 6.03. The van der Waals surface area contributed by atoms with E-state index in [0.29, 0.717) is 22.7 Å². The fourth-order valence-corrected chi connectivity index (χ4v) is 3.65. The Morgan fingerprint density at radius 2 is 2.04 bits per heavy atom. The third kappa shape index (κ3) is 4.13. The van der Waals surface area contributed by atoms with Crippen molar-refractivity contribution in [1.29, 1.82) is 0 Å². The third-order valence-electron chi connectivity index (χ3n) is 5.11. The van der Waals surface area contributed by atoms with Gasteiger partial charge >= 0.3 is 11.8 Å². The molecule has 2 amide bonds. The number of methoxy groups -OCH3 is 1. The van der Waals surface area contributed by atoms with Gasteiger partial charge in [-0.1, -0.05) is 23.7 Å². The van der Waals surface area contributed by atoms with Gasteiger partial charge in [0.25, 0.3) is 0 Å². The van der Waals surface area contributed by atoms with Crippen LogP contribution >= 0.6 is 11.6 Å². The lowest BCUT2D eigenvalue weighted by molar-refractivity contribution is -0.137. The first-order valence-electron chi connectivity index (χ1n) is 9.08. The Balaban J connectivity index is 1.67. The van der Waals surface area contributed by atoms with Gasteiger partial charge in [-0.2, -0.15) is 0 Å². The molecule has 0 bridgehead atoms. The highest BCUT2D eigenvalue weighted by atomic mass is 35.5. The average molecular weight is 403 g/mol. The Kier molecular flexibility index (Phi) is 5.91. The third-order valence-corrected chi connectivity index (χ3v) is 5.52. The van der Waals surface area contributed by atoms with Gasteiger partial charge in [0.05, 0.1) is 13.7 Å². The summed E-state index contributed by atoms with van der Waals surface area (Å²) in [6.45, 7) is 1.71. The van der Waals surface area contributed by atoms with Crippen LogP contribution in [0.25, 0.3) is 0 Å². The fraction of sp³-hybridized carbons (Fsp3) is 0.333. The summed E-state index contributed by atoms with van der Waals surface area (Å²) in [4.78, 5) is 24.5. The van der Waals surface area contributed by atoms with Crippen molar-refractivity contribution in [2.75, 3.05) is 19.0 Å². The fourth-order valence-electron chi connectivity index (χ4n) is 3.48. The zero-order valence-corrected chi connectivity index (χ0v) is 16.6. The van der Waals surface area contributed by atoms with Gasteiger partial charge < -0.3 is 20.5 Å². The van der Waals surface area contributed by atoms with Gasteiger partial charge in [-0.15, -0.1) is 0 Å². The van der Waals surface area contributed by atoms with Crippen molar-refractivity contribution in [3.05, 3.63) is 58.1 Å². The number of carbonyl (C=O) groups excluding carboxylic acids is 2. The lowest BCUT2D eigenvalue weighted by Crippen LogP contribution is -2.46. The number of fused-ring (bicyclic) bond motifs is 1. The molecule has 2 aromatic carbocycles. The second-order valence-electron chi connectivity index (χ2n) is 6.96. The zero-order valence-electron chi connectivity index (χ0n) is 15.8. The molecule has 28 heavy (non-hydrogen) atoms. The Bertz CT molecular complexity index is 915. The summed E-state index contributed by atoms with van der Waals surface area (Å²) in [7, 11) is 1.59. The van der Waals surface area contributed by atoms with E-state index in [0.717, 1.165) is 29.7 Å². The molecule has 3 N–H and O–H groups in total. The maximum atomic E-state index is 12.3. The number of carbonyl (C=O) groups is 2. The Hall–Kier alpha value is -2.57. The molecular weight excluding hydrogens is 380 g/mol. The molecule has 0 spiro atoms. The van der Waals surface area contributed by atoms with Gasteiger partial charge in [0.2, 0.25) is 0 Å². The van der Waals surface area contributed by atoms with Crippen LogP contribution in [0.2, 0.25) is 5.02 Å². The first-order chi connectivity index (χ1) is 13.3. The molecule has 1 atom stereocenters. The summed E-state index contributed by atoms with van der Waals surface area (Å²) in [5.74, 6) is -0.892. The summed E-state index contributed by atoms with van der Waals surface area (Å²) in [6.07, 6.45) is 2.11. The SMILES string of the molecule is COc1ccc2c(c1)CCC[C@]2(O)CNC(=O)C(=O)Nc1cccc(Cl)c1C. The van der Waals surface area contributed by atoms with E-state index >= 15 is 0 Å². The van der Waals surface area contributed by atoms with E-state index in [1.807, 2.05) is 12.1 Å². The summed E-state index contributed by atoms with van der Waals surface area (Å²) in [6, 6.07) is 10.6. The molecule has 3 rings (SSSR count). The first-order valence-corrected chi connectivity index (χ1v) is 9.46. The molecule has 148 valence electrons. The quantitative estimate of drug-likeness (QED) is 0.686. The van der Waals surface area contributed by atoms with Crippen LogP contribution in [-0.4, -0.2) is 30.6 Å². The van der Waals surface area contributed by atoms with Crippen molar-refractivity contribution < 1.29 is 19.4 Å². The molecule has 0 aromatic heterocycles. The van der Waals surface area contributed by atoms with Crippen molar-refractivity contribution in [1.82, 2.24) is 5.32 Å². The molecule has 2 aromatic rings. The number of nitrogens with one attached hydrogen (secondary N) is 2. The van der Waals surface area contributed by atoms with Crippen molar-refractivity contribution in [2.24, 2.45) is 0 Å². The molecule has 0 fully saturated rings. The maximum absolute atomic E-state index is 12.3. The van der Waals surface area contributed by atoms with Crippen LogP contribution in [0.4, 0.5) is 5.69 Å². The monoisotopic (exact) mass is 402 g/mol. The highest BCUT2D eigenvalue weighted by Gasteiger charge is 2.35. The molecule has 6 nitrogen and oxygen atoms in total. The number of hydrogen-bond acceptors (Lipinski definition) is 4. The number of aryl methyl sites for hydroxylation is 1. The van der Waals surface area contributed by atoms with Crippen LogP contribution in [0.5, 0.6) is 5.75 Å². The van der Waals surface area contributed by atoms with E-state index in [4.69, 9.17) is 16.3 Å². The number of benzene rings is 2. The van der Waals surface area contributed by atoms with Crippen LogP contribution in [0.1, 0.15) is 29.5 Å². The van der Waals surface area contributed by atoms with Crippen molar-refractivity contribution in [3.63, 3.8) is 0 Å². The second-order valence-corrected chi connectivity index (χ2v) is 7.36. The Morgan fingerprint density at radius 1 is 1.25 bits per heavy atom. The highest BCUT2D eigenvalue weighted by molar-refractivity contribution is 6.40. The number of anilines is 1. The number of halogens is 1. The predicted octanol–water partition coefficient (Wildman–Crippen LogP) is 2.94. The minimum Gasteiger partial charge on any atom is -0.497 e. The molecule has 0 saturated heterocycles. The lowest BCUT2D eigenvalue weighted by Gasteiger charge is -2.34. The van der Waals surface area contributed by atoms with Gasteiger partial charge in [0.1, 0.15) is 11.4 Å². The first kappa shape index (κ1) is 20.2. The van der Waals surface area contributed by atoms with Crippen LogP contribution in [0.3, 0.4) is 0 Å². The largest absolute Gasteiger partial charge is 0.497 e. The van der Waals surface area contributed by atoms with Crippen molar-refractivity contribution in [3.8, 4) is 5.75 Å². The second kappa shape index (κ2) is 8.20. The highest BCUT2D eigenvalue weighted by Crippen LogP contribution is 2.36. The van der Waals surface area contributed by atoms with Gasteiger partial charge in [-0.25, -0.2) is 0 Å². The minimum absolute atomic E-state index is 0.0485. The van der Waals surface area contributed by atoms with Gasteiger partial charge in [0.15, 0.2) is 0 Å². The Morgan fingerprint density at radius 3 is 2.79 bits per heavy atom. The van der Waals surface area contributed by atoms with E-state index in [1.54, 1.807) is 38.3 Å². The normalized spacial score (nSPS) is 18.1. The number of amides is 2. The van der Waals surface area contributed by atoms with E-state index in [9.17, 15) is 14.7 Å². The van der Waals surface area contributed by atoms with E-state index in [-0.39, 0.29) is 6.54 Å². The zero-order chi connectivity index (χ0) is 20.3. The van der Waals surface area contributed by atoms with Gasteiger partial charge in [0, 0.05) is 10.7 Å². The topological polar surface area (TPSA) is 87.7 Å². The van der Waals surface area contributed by atoms with Crippen LogP contribution in [0, 0.1) is 6.92 Å². The predicted molar refractivity (Wildman–Crippen MR) is 108 cm³/mol. The van der Waals surface area contributed by atoms with E-state index in [1.165, 1.54) is 0 Å². The van der Waals surface area contributed by atoms with Crippen LogP contribution in [0.15, 0.2) is 36.4 Å². The molecule has 7 heteroatoms. The standard InChI is InChI=1S/C21H23ClN2O4/c1-13-17(22)6-3-7-18(13)24-20(26)19(25)23-12-21(27)10-4-5-14-11-15(28-2)8-9-16(14)21/h3,6-9,11,27H,4-5,10,12H2,1-2H3,(H,23,25)(H,24,26)/t21-/m0/s1. The molecule has 0 radical (unpaired) electrons. The smallest absolute Gasteiger partial charge is 0.313 e. The number of aliphatic hydroxyl groups is 1. The number of ether oxygens (including phenoxy) is 1. The van der Waals surface area contributed by atoms with Crippen molar-refractivity contribution >= 4 is 29.1 Å². The summed E-state index contributed by atoms with van der Waals surface area (Å²) < 4.78 is 5.24.